The number of rotatable bonds is 1. The summed E-state index contributed by atoms with van der Waals surface area (Å²) in [4.78, 5) is 0. The van der Waals surface area contributed by atoms with E-state index in [-0.39, 0.29) is 0 Å². The van der Waals surface area contributed by atoms with Crippen molar-refractivity contribution in [2.45, 2.75) is 12.5 Å². The van der Waals surface area contributed by atoms with Gasteiger partial charge < -0.3 is 5.32 Å². The summed E-state index contributed by atoms with van der Waals surface area (Å²) in [6.07, 6.45) is 3.11. The summed E-state index contributed by atoms with van der Waals surface area (Å²) < 4.78 is 0. The highest BCUT2D eigenvalue weighted by Gasteiger charge is 2.14. The molecule has 1 nitrogen and oxygen atoms in total. The highest BCUT2D eigenvalue weighted by molar-refractivity contribution is 5.34. The van der Waals surface area contributed by atoms with E-state index in [0.29, 0.717) is 6.04 Å². The molecule has 0 radical (unpaired) electrons. The van der Waals surface area contributed by atoms with E-state index in [9.17, 15) is 0 Å². The largest absolute Gasteiger partial charge is 0.306 e. The van der Waals surface area contributed by atoms with Crippen LogP contribution in [0.25, 0.3) is 0 Å². The van der Waals surface area contributed by atoms with Crippen LogP contribution in [0.2, 0.25) is 0 Å². The Morgan fingerprint density at radius 3 is 3.08 bits per heavy atom. The molecule has 0 aromatic heterocycles. The van der Waals surface area contributed by atoms with E-state index in [1.54, 1.807) is 0 Å². The maximum absolute atomic E-state index is 3.82. The zero-order valence-corrected chi connectivity index (χ0v) is 7.09. The summed E-state index contributed by atoms with van der Waals surface area (Å²) in [5.74, 6) is 0. The van der Waals surface area contributed by atoms with Crippen LogP contribution >= 0.6 is 0 Å². The summed E-state index contributed by atoms with van der Waals surface area (Å²) in [5, 5.41) is 3.41. The van der Waals surface area contributed by atoms with Gasteiger partial charge in [0.2, 0.25) is 0 Å². The molecule has 1 aromatic carbocycles. The second-order valence-corrected chi connectivity index (χ2v) is 3.12. The van der Waals surface area contributed by atoms with Gasteiger partial charge in [-0.15, -0.1) is 6.58 Å². The molecule has 0 bridgehead atoms. The van der Waals surface area contributed by atoms with Crippen LogP contribution in [0.1, 0.15) is 17.2 Å². The highest BCUT2D eigenvalue weighted by Crippen LogP contribution is 2.22. The fourth-order valence-corrected chi connectivity index (χ4v) is 1.75. The van der Waals surface area contributed by atoms with Crippen molar-refractivity contribution < 1.29 is 0 Å². The lowest BCUT2D eigenvalue weighted by Gasteiger charge is -2.23. The van der Waals surface area contributed by atoms with Crippen LogP contribution in [0.3, 0.4) is 0 Å². The number of hydrogen-bond acceptors (Lipinski definition) is 1. The fraction of sp³-hybridized carbons (Fsp3) is 0.273. The van der Waals surface area contributed by atoms with E-state index in [2.05, 4.69) is 36.2 Å². The molecule has 1 N–H and O–H groups in total. The Morgan fingerprint density at radius 2 is 2.25 bits per heavy atom. The number of benzene rings is 1. The van der Waals surface area contributed by atoms with Crippen LogP contribution in [0.5, 0.6) is 0 Å². The summed E-state index contributed by atoms with van der Waals surface area (Å²) >= 11 is 0. The molecule has 1 heterocycles. The van der Waals surface area contributed by atoms with Gasteiger partial charge in [-0.2, -0.15) is 0 Å². The van der Waals surface area contributed by atoms with Crippen LogP contribution in [-0.2, 0) is 6.42 Å². The predicted molar refractivity (Wildman–Crippen MR) is 51.1 cm³/mol. The smallest absolute Gasteiger partial charge is 0.0506 e. The summed E-state index contributed by atoms with van der Waals surface area (Å²) in [6, 6.07) is 8.92. The molecule has 62 valence electrons. The molecule has 0 amide bonds. The molecule has 0 unspecified atom stereocenters. The third-order valence-corrected chi connectivity index (χ3v) is 2.38. The van der Waals surface area contributed by atoms with Gasteiger partial charge in [-0.05, 0) is 17.5 Å². The zero-order chi connectivity index (χ0) is 8.39. The number of hydrogen-bond donors (Lipinski definition) is 1. The van der Waals surface area contributed by atoms with Crippen molar-refractivity contribution in [3.8, 4) is 0 Å². The standard InChI is InChI=1S/C11H13N/c1-2-11-10-6-4-3-5-9(10)7-8-12-11/h2-6,11-12H,1,7-8H2/t11-/m0/s1. The molecule has 1 heteroatoms. The lowest BCUT2D eigenvalue weighted by molar-refractivity contribution is 0.582. The molecule has 0 fully saturated rings. The van der Waals surface area contributed by atoms with Gasteiger partial charge in [-0.25, -0.2) is 0 Å². The van der Waals surface area contributed by atoms with Crippen molar-refractivity contribution in [2.75, 3.05) is 6.54 Å². The summed E-state index contributed by atoms with van der Waals surface area (Å²) in [6.45, 7) is 4.88. The van der Waals surface area contributed by atoms with Gasteiger partial charge in [0.15, 0.2) is 0 Å². The Kier molecular flexibility index (Phi) is 1.96. The molecule has 0 saturated heterocycles. The maximum atomic E-state index is 3.82. The third-order valence-electron chi connectivity index (χ3n) is 2.38. The second kappa shape index (κ2) is 3.11. The van der Waals surface area contributed by atoms with Crippen molar-refractivity contribution in [1.29, 1.82) is 0 Å². The third kappa shape index (κ3) is 1.16. The van der Waals surface area contributed by atoms with Crippen LogP contribution in [-0.4, -0.2) is 6.54 Å². The minimum Gasteiger partial charge on any atom is -0.306 e. The molecular formula is C11H13N. The van der Waals surface area contributed by atoms with Crippen molar-refractivity contribution in [2.24, 2.45) is 0 Å². The highest BCUT2D eigenvalue weighted by atomic mass is 14.9. The van der Waals surface area contributed by atoms with Gasteiger partial charge in [-0.3, -0.25) is 0 Å². The lowest BCUT2D eigenvalue weighted by atomic mass is 9.95. The van der Waals surface area contributed by atoms with Gasteiger partial charge in [0.1, 0.15) is 0 Å². The first-order chi connectivity index (χ1) is 5.92. The van der Waals surface area contributed by atoms with E-state index < -0.39 is 0 Å². The van der Waals surface area contributed by atoms with E-state index in [0.717, 1.165) is 13.0 Å². The van der Waals surface area contributed by atoms with Crippen LogP contribution in [0.4, 0.5) is 0 Å². The first-order valence-corrected chi connectivity index (χ1v) is 4.35. The SMILES string of the molecule is C=C[C@@H]1NCCc2ccccc21. The molecule has 1 atom stereocenters. The molecule has 1 aromatic rings. The number of nitrogens with one attached hydrogen (secondary N) is 1. The van der Waals surface area contributed by atoms with Crippen molar-refractivity contribution in [1.82, 2.24) is 5.32 Å². The van der Waals surface area contributed by atoms with Gasteiger partial charge >= 0.3 is 0 Å². The molecule has 1 aliphatic heterocycles. The van der Waals surface area contributed by atoms with Crippen molar-refractivity contribution in [3.05, 3.63) is 48.0 Å². The van der Waals surface area contributed by atoms with Gasteiger partial charge in [0.25, 0.3) is 0 Å². The van der Waals surface area contributed by atoms with Crippen molar-refractivity contribution >= 4 is 0 Å². The van der Waals surface area contributed by atoms with Gasteiger partial charge in [0, 0.05) is 6.54 Å². The Hall–Kier alpha value is -1.08. The predicted octanol–water partition coefficient (Wildman–Crippen LogP) is 2.06. The minimum atomic E-state index is 0.356. The average Bonchev–Trinajstić information content (AvgIpc) is 2.17. The Labute approximate surface area is 73.1 Å². The monoisotopic (exact) mass is 159 g/mol. The van der Waals surface area contributed by atoms with Crippen molar-refractivity contribution in [3.63, 3.8) is 0 Å². The topological polar surface area (TPSA) is 12.0 Å². The first-order valence-electron chi connectivity index (χ1n) is 4.35. The van der Waals surface area contributed by atoms with E-state index in [1.807, 2.05) is 6.08 Å². The van der Waals surface area contributed by atoms with E-state index in [1.165, 1.54) is 11.1 Å². The van der Waals surface area contributed by atoms with Crippen LogP contribution < -0.4 is 5.32 Å². The Balaban J connectivity index is 2.43. The molecule has 0 spiro atoms. The maximum Gasteiger partial charge on any atom is 0.0506 e. The van der Waals surface area contributed by atoms with Gasteiger partial charge in [-0.1, -0.05) is 30.3 Å². The van der Waals surface area contributed by atoms with E-state index >= 15 is 0 Å². The molecular weight excluding hydrogens is 146 g/mol. The summed E-state index contributed by atoms with van der Waals surface area (Å²) in [7, 11) is 0. The lowest BCUT2D eigenvalue weighted by Crippen LogP contribution is -2.28. The first kappa shape index (κ1) is 7.56. The van der Waals surface area contributed by atoms with E-state index in [4.69, 9.17) is 0 Å². The average molecular weight is 159 g/mol. The molecule has 0 saturated carbocycles. The fourth-order valence-electron chi connectivity index (χ4n) is 1.75. The molecule has 0 aliphatic carbocycles. The molecule has 2 rings (SSSR count). The Morgan fingerprint density at radius 1 is 1.42 bits per heavy atom. The molecule has 12 heavy (non-hydrogen) atoms. The quantitative estimate of drug-likeness (QED) is 0.618. The molecule has 1 aliphatic rings. The second-order valence-electron chi connectivity index (χ2n) is 3.12. The summed E-state index contributed by atoms with van der Waals surface area (Å²) in [5.41, 5.74) is 2.85. The minimum absolute atomic E-state index is 0.356. The van der Waals surface area contributed by atoms with Crippen LogP contribution in [0, 0.1) is 0 Å². The normalized spacial score (nSPS) is 21.5. The zero-order valence-electron chi connectivity index (χ0n) is 7.09. The number of fused-ring (bicyclic) bond motifs is 1. The van der Waals surface area contributed by atoms with Gasteiger partial charge in [0.05, 0.1) is 6.04 Å². The Bertz CT molecular complexity index is 291. The van der Waals surface area contributed by atoms with Crippen LogP contribution in [0.15, 0.2) is 36.9 Å².